The van der Waals surface area contributed by atoms with Crippen LogP contribution in [0, 0.1) is 35.5 Å². The van der Waals surface area contributed by atoms with Crippen LogP contribution in [0.2, 0.25) is 0 Å². The fourth-order valence-corrected chi connectivity index (χ4v) is 2.55. The van der Waals surface area contributed by atoms with E-state index in [0.29, 0.717) is 17.5 Å². The number of benzene rings is 1. The minimum atomic E-state index is 0.318. The predicted octanol–water partition coefficient (Wildman–Crippen LogP) is 3.86. The summed E-state index contributed by atoms with van der Waals surface area (Å²) in [7, 11) is 0. The van der Waals surface area contributed by atoms with Gasteiger partial charge in [0.15, 0.2) is 0 Å². The van der Waals surface area contributed by atoms with E-state index in [0.717, 1.165) is 23.1 Å². The second-order valence-electron chi connectivity index (χ2n) is 6.35. The van der Waals surface area contributed by atoms with Gasteiger partial charge in [-0.25, -0.2) is 0 Å². The number of hydrogen-bond acceptors (Lipinski definition) is 4. The molecule has 4 rings (SSSR count). The highest BCUT2D eigenvalue weighted by Crippen LogP contribution is 2.04. The molecule has 0 amide bonds. The van der Waals surface area contributed by atoms with Gasteiger partial charge >= 0.3 is 0 Å². The molecule has 0 saturated heterocycles. The highest BCUT2D eigenvalue weighted by Gasteiger charge is 2.02. The summed E-state index contributed by atoms with van der Waals surface area (Å²) in [5, 5.41) is 0. The number of pyridine rings is 1. The highest BCUT2D eigenvalue weighted by atomic mass is 15.0. The van der Waals surface area contributed by atoms with Crippen molar-refractivity contribution in [3.63, 3.8) is 0 Å². The largest absolute Gasteiger partial charge is 0.265 e. The smallest absolute Gasteiger partial charge is 0.210 e. The third-order valence-corrected chi connectivity index (χ3v) is 4.03. The van der Waals surface area contributed by atoms with E-state index in [9.17, 15) is 0 Å². The van der Waals surface area contributed by atoms with E-state index < -0.39 is 0 Å². The van der Waals surface area contributed by atoms with Crippen molar-refractivity contribution in [3.05, 3.63) is 119 Å². The summed E-state index contributed by atoms with van der Waals surface area (Å²) in [5.41, 5.74) is 2.58. The van der Waals surface area contributed by atoms with Crippen LogP contribution in [0.4, 0.5) is 0 Å². The molecule has 0 spiro atoms. The van der Waals surface area contributed by atoms with Crippen LogP contribution in [-0.4, -0.2) is 19.9 Å². The predicted molar refractivity (Wildman–Crippen MR) is 120 cm³/mol. The monoisotopic (exact) mass is 396 g/mol. The fraction of sp³-hybridized carbons (Fsp3) is 0.0370. The van der Waals surface area contributed by atoms with Gasteiger partial charge in [0.25, 0.3) is 0 Å². The molecule has 2 aromatic heterocycles. The average Bonchev–Trinajstić information content (AvgIpc) is 3.10. The molecule has 0 aliphatic heterocycles. The maximum Gasteiger partial charge on any atom is 0.210 e. The van der Waals surface area contributed by atoms with Crippen molar-refractivity contribution >= 4 is 0 Å². The van der Waals surface area contributed by atoms with E-state index in [1.165, 1.54) is 0 Å². The summed E-state index contributed by atoms with van der Waals surface area (Å²) < 4.78 is 0. The quantitative estimate of drug-likeness (QED) is 0.542. The van der Waals surface area contributed by atoms with Gasteiger partial charge in [0, 0.05) is 29.1 Å². The second-order valence-corrected chi connectivity index (χ2v) is 6.35. The molecule has 31 heavy (non-hydrogen) atoms. The maximum absolute atomic E-state index is 4.39. The SMILES string of the molecule is C(#Cc1nc(C#Cc2ccccc2)nc(C#Cc2ccncc2)n1)C1=CC=CCC=C1. The Morgan fingerprint density at radius 1 is 0.613 bits per heavy atom. The molecule has 4 nitrogen and oxygen atoms in total. The van der Waals surface area contributed by atoms with Gasteiger partial charge in [0.2, 0.25) is 17.5 Å². The molecule has 3 aromatic rings. The van der Waals surface area contributed by atoms with Crippen LogP contribution in [0.1, 0.15) is 35.0 Å². The molecule has 0 unspecified atom stereocenters. The van der Waals surface area contributed by atoms with Crippen molar-refractivity contribution in [2.45, 2.75) is 6.42 Å². The number of hydrogen-bond donors (Lipinski definition) is 0. The van der Waals surface area contributed by atoms with Gasteiger partial charge in [0.05, 0.1) is 0 Å². The molecule has 0 N–H and O–H groups in total. The zero-order valence-corrected chi connectivity index (χ0v) is 16.6. The number of nitrogens with zero attached hydrogens (tertiary/aromatic N) is 4. The van der Waals surface area contributed by atoms with E-state index in [2.05, 4.69) is 67.6 Å². The first kappa shape index (κ1) is 19.6. The molecule has 1 aromatic carbocycles. The summed E-state index contributed by atoms with van der Waals surface area (Å²) in [6, 6.07) is 13.3. The maximum atomic E-state index is 4.39. The highest BCUT2D eigenvalue weighted by molar-refractivity contribution is 5.46. The Morgan fingerprint density at radius 3 is 1.90 bits per heavy atom. The topological polar surface area (TPSA) is 51.6 Å². The fourth-order valence-electron chi connectivity index (χ4n) is 2.55. The van der Waals surface area contributed by atoms with Gasteiger partial charge in [-0.15, -0.1) is 0 Å². The molecule has 2 heterocycles. The van der Waals surface area contributed by atoms with Crippen molar-refractivity contribution in [2.24, 2.45) is 0 Å². The molecule has 0 fully saturated rings. The lowest BCUT2D eigenvalue weighted by Crippen LogP contribution is -2.01. The summed E-state index contributed by atoms with van der Waals surface area (Å²) in [6.45, 7) is 0. The molecule has 0 saturated carbocycles. The van der Waals surface area contributed by atoms with Gasteiger partial charge < -0.3 is 0 Å². The Kier molecular flexibility index (Phi) is 6.43. The molecule has 0 atom stereocenters. The molecule has 0 bridgehead atoms. The lowest BCUT2D eigenvalue weighted by atomic mass is 10.2. The molecule has 1 aliphatic rings. The minimum Gasteiger partial charge on any atom is -0.265 e. The second kappa shape index (κ2) is 10.2. The summed E-state index contributed by atoms with van der Waals surface area (Å²) >= 11 is 0. The van der Waals surface area contributed by atoms with Crippen LogP contribution in [0.3, 0.4) is 0 Å². The van der Waals surface area contributed by atoms with Gasteiger partial charge in [-0.2, -0.15) is 15.0 Å². The Labute approximate surface area is 181 Å². The molecule has 0 radical (unpaired) electrons. The van der Waals surface area contributed by atoms with Crippen molar-refractivity contribution in [3.8, 4) is 35.5 Å². The first-order valence-electron chi connectivity index (χ1n) is 9.66. The van der Waals surface area contributed by atoms with E-state index >= 15 is 0 Å². The van der Waals surface area contributed by atoms with E-state index in [1.54, 1.807) is 12.4 Å². The Balaban J connectivity index is 1.70. The van der Waals surface area contributed by atoms with Gasteiger partial charge in [0.1, 0.15) is 0 Å². The molecular weight excluding hydrogens is 380 g/mol. The molecule has 1 aliphatic carbocycles. The molecule has 4 heteroatoms. The van der Waals surface area contributed by atoms with Gasteiger partial charge in [-0.3, -0.25) is 4.98 Å². The van der Waals surface area contributed by atoms with Crippen LogP contribution < -0.4 is 0 Å². The van der Waals surface area contributed by atoms with Crippen LogP contribution in [0.5, 0.6) is 0 Å². The first-order valence-corrected chi connectivity index (χ1v) is 9.66. The Hall–Kier alpha value is -4.72. The molecular formula is C27H16N4. The van der Waals surface area contributed by atoms with E-state index in [1.807, 2.05) is 60.7 Å². The van der Waals surface area contributed by atoms with Crippen LogP contribution in [-0.2, 0) is 0 Å². The van der Waals surface area contributed by atoms with Crippen LogP contribution in [0.25, 0.3) is 0 Å². The van der Waals surface area contributed by atoms with Gasteiger partial charge in [-0.05, 0) is 54.5 Å². The number of aromatic nitrogens is 4. The lowest BCUT2D eigenvalue weighted by molar-refractivity contribution is 0.976. The zero-order valence-electron chi connectivity index (χ0n) is 16.6. The van der Waals surface area contributed by atoms with Crippen LogP contribution >= 0.6 is 0 Å². The third-order valence-electron chi connectivity index (χ3n) is 4.03. The minimum absolute atomic E-state index is 0.318. The first-order chi connectivity index (χ1) is 15.3. The van der Waals surface area contributed by atoms with E-state index in [4.69, 9.17) is 0 Å². The van der Waals surface area contributed by atoms with Gasteiger partial charge in [-0.1, -0.05) is 60.3 Å². The van der Waals surface area contributed by atoms with Crippen molar-refractivity contribution in [1.29, 1.82) is 0 Å². The summed E-state index contributed by atoms with van der Waals surface area (Å²) in [4.78, 5) is 17.2. The number of rotatable bonds is 0. The number of allylic oxidation sites excluding steroid dienone is 6. The standard InChI is InChI=1S/C27H16N4/c1-2-5-9-22(8-4-1)12-15-25-29-26(16-13-23-10-6-3-7-11-23)31-27(30-25)17-14-24-18-20-28-21-19-24/h1,3-11,18-21H,2H2. The summed E-state index contributed by atoms with van der Waals surface area (Å²) in [5.74, 6) is 19.1. The van der Waals surface area contributed by atoms with Crippen molar-refractivity contribution in [1.82, 2.24) is 19.9 Å². The van der Waals surface area contributed by atoms with E-state index in [-0.39, 0.29) is 0 Å². The average molecular weight is 396 g/mol. The Bertz CT molecular complexity index is 1270. The van der Waals surface area contributed by atoms with Crippen molar-refractivity contribution in [2.75, 3.05) is 0 Å². The van der Waals surface area contributed by atoms with Crippen molar-refractivity contribution < 1.29 is 0 Å². The third kappa shape index (κ3) is 6.13. The normalized spacial score (nSPS) is 11.5. The Morgan fingerprint density at radius 2 is 1.23 bits per heavy atom. The van der Waals surface area contributed by atoms with Crippen LogP contribution in [0.15, 0.2) is 90.8 Å². The summed E-state index contributed by atoms with van der Waals surface area (Å²) in [6.07, 6.45) is 14.3. The lowest BCUT2D eigenvalue weighted by Gasteiger charge is -1.95. The zero-order chi connectivity index (χ0) is 21.1. The molecule has 144 valence electrons.